The minimum atomic E-state index is 0.0498. The molecule has 18 heavy (non-hydrogen) atoms. The molecule has 4 heteroatoms. The van der Waals surface area contributed by atoms with Crippen molar-refractivity contribution >= 4 is 11.7 Å². The molecule has 0 saturated heterocycles. The first-order valence-electron chi connectivity index (χ1n) is 6.02. The molecule has 98 valence electrons. The summed E-state index contributed by atoms with van der Waals surface area (Å²) >= 11 is 0. The number of Topliss-reactive ketones (excluding diaryl/α,β-unsaturated/α-hetero) is 1. The maximum Gasteiger partial charge on any atom is 0.221 e. The van der Waals surface area contributed by atoms with E-state index in [0.717, 1.165) is 17.7 Å². The first-order chi connectivity index (χ1) is 8.52. The fourth-order valence-corrected chi connectivity index (χ4v) is 1.65. The van der Waals surface area contributed by atoms with Gasteiger partial charge in [-0.05, 0) is 19.5 Å². The molecule has 1 amide bonds. The topological polar surface area (TPSA) is 49.4 Å². The van der Waals surface area contributed by atoms with Crippen LogP contribution in [-0.4, -0.2) is 37.2 Å². The number of amides is 1. The molecule has 0 aliphatic rings. The first-order valence-corrected chi connectivity index (χ1v) is 6.02. The van der Waals surface area contributed by atoms with Crippen LogP contribution in [0.25, 0.3) is 0 Å². The highest BCUT2D eigenvalue weighted by atomic mass is 16.1. The lowest BCUT2D eigenvalue weighted by Gasteiger charge is -2.16. The Morgan fingerprint density at radius 2 is 1.83 bits per heavy atom. The van der Waals surface area contributed by atoms with Crippen LogP contribution in [0.3, 0.4) is 0 Å². The number of hydrogen-bond donors (Lipinski definition) is 1. The van der Waals surface area contributed by atoms with E-state index in [1.165, 1.54) is 0 Å². The molecule has 0 heterocycles. The molecule has 0 aliphatic heterocycles. The van der Waals surface area contributed by atoms with Crippen LogP contribution in [-0.2, 0) is 11.3 Å². The number of nitrogens with zero attached hydrogens (tertiary/aromatic N) is 1. The van der Waals surface area contributed by atoms with Crippen LogP contribution in [0, 0.1) is 0 Å². The molecule has 0 unspecified atom stereocenters. The molecule has 4 nitrogen and oxygen atoms in total. The normalized spacial score (nSPS) is 10.4. The Labute approximate surface area is 108 Å². The van der Waals surface area contributed by atoms with E-state index in [0.29, 0.717) is 13.0 Å². The van der Waals surface area contributed by atoms with Crippen molar-refractivity contribution in [2.45, 2.75) is 19.9 Å². The lowest BCUT2D eigenvalue weighted by atomic mass is 10.1. The maximum atomic E-state index is 11.1. The van der Waals surface area contributed by atoms with Gasteiger partial charge >= 0.3 is 0 Å². The van der Waals surface area contributed by atoms with Gasteiger partial charge in [-0.1, -0.05) is 24.3 Å². The van der Waals surface area contributed by atoms with Crippen LogP contribution < -0.4 is 5.32 Å². The summed E-state index contributed by atoms with van der Waals surface area (Å²) in [6, 6.07) is 7.58. The van der Waals surface area contributed by atoms with Gasteiger partial charge in [-0.15, -0.1) is 0 Å². The van der Waals surface area contributed by atoms with Gasteiger partial charge in [0.2, 0.25) is 5.91 Å². The van der Waals surface area contributed by atoms with Crippen LogP contribution in [0.15, 0.2) is 24.3 Å². The van der Waals surface area contributed by atoms with Crippen molar-refractivity contribution in [2.75, 3.05) is 20.6 Å². The highest BCUT2D eigenvalue weighted by molar-refractivity contribution is 5.93. The van der Waals surface area contributed by atoms with Crippen molar-refractivity contribution in [3.8, 4) is 0 Å². The van der Waals surface area contributed by atoms with Crippen LogP contribution in [0.1, 0.15) is 29.3 Å². The number of carbonyl (C=O) groups excluding carboxylic acids is 2. The second kappa shape index (κ2) is 6.91. The van der Waals surface area contributed by atoms with Crippen LogP contribution in [0.5, 0.6) is 0 Å². The van der Waals surface area contributed by atoms with Gasteiger partial charge in [0, 0.05) is 32.1 Å². The average molecular weight is 248 g/mol. The maximum absolute atomic E-state index is 11.1. The Hall–Kier alpha value is -1.68. The predicted molar refractivity (Wildman–Crippen MR) is 71.5 cm³/mol. The van der Waals surface area contributed by atoms with E-state index in [4.69, 9.17) is 0 Å². The Morgan fingerprint density at radius 3 is 2.33 bits per heavy atom. The Bertz CT molecular complexity index is 412. The molecule has 0 aliphatic carbocycles. The summed E-state index contributed by atoms with van der Waals surface area (Å²) < 4.78 is 0. The quantitative estimate of drug-likeness (QED) is 0.775. The van der Waals surface area contributed by atoms with E-state index in [9.17, 15) is 9.59 Å². The van der Waals surface area contributed by atoms with Gasteiger partial charge in [-0.2, -0.15) is 0 Å². The van der Waals surface area contributed by atoms with E-state index >= 15 is 0 Å². The SMILES string of the molecule is CNC(=O)CCN(C)Cc1ccc(C(C)=O)cc1. The zero-order valence-electron chi connectivity index (χ0n) is 11.2. The Balaban J connectivity index is 2.46. The number of hydrogen-bond acceptors (Lipinski definition) is 3. The molecule has 0 atom stereocenters. The van der Waals surface area contributed by atoms with Gasteiger partial charge in [-0.25, -0.2) is 0 Å². The van der Waals surface area contributed by atoms with E-state index in [1.807, 2.05) is 31.3 Å². The van der Waals surface area contributed by atoms with Crippen molar-refractivity contribution in [1.82, 2.24) is 10.2 Å². The monoisotopic (exact) mass is 248 g/mol. The standard InChI is InChI=1S/C14H20N2O2/c1-11(17)13-6-4-12(5-7-13)10-16(3)9-8-14(18)15-2/h4-7H,8-10H2,1-3H3,(H,15,18). The van der Waals surface area contributed by atoms with E-state index in [1.54, 1.807) is 14.0 Å². The molecule has 0 fully saturated rings. The van der Waals surface area contributed by atoms with Crippen molar-refractivity contribution in [3.63, 3.8) is 0 Å². The molecule has 1 rings (SSSR count). The average Bonchev–Trinajstić information content (AvgIpc) is 2.36. The van der Waals surface area contributed by atoms with Crippen molar-refractivity contribution in [1.29, 1.82) is 0 Å². The Morgan fingerprint density at radius 1 is 1.22 bits per heavy atom. The summed E-state index contributed by atoms with van der Waals surface area (Å²) in [5.74, 6) is 0.128. The van der Waals surface area contributed by atoms with Crippen LogP contribution in [0.2, 0.25) is 0 Å². The van der Waals surface area contributed by atoms with Crippen molar-refractivity contribution in [2.24, 2.45) is 0 Å². The third-order valence-electron chi connectivity index (χ3n) is 2.81. The molecule has 1 N–H and O–H groups in total. The molecular formula is C14H20N2O2. The number of nitrogens with one attached hydrogen (secondary N) is 1. The minimum absolute atomic E-state index is 0.0498. The predicted octanol–water partition coefficient (Wildman–Crippen LogP) is 1.46. The first kappa shape index (κ1) is 14.4. The van der Waals surface area contributed by atoms with Gasteiger partial charge in [-0.3, -0.25) is 9.59 Å². The molecule has 0 spiro atoms. The molecule has 1 aromatic carbocycles. The van der Waals surface area contributed by atoms with E-state index in [-0.39, 0.29) is 11.7 Å². The van der Waals surface area contributed by atoms with Gasteiger partial charge in [0.15, 0.2) is 5.78 Å². The van der Waals surface area contributed by atoms with Crippen LogP contribution in [0.4, 0.5) is 0 Å². The number of ketones is 1. The molecule has 1 aromatic rings. The van der Waals surface area contributed by atoms with Crippen LogP contribution >= 0.6 is 0 Å². The zero-order chi connectivity index (χ0) is 13.5. The second-order valence-corrected chi connectivity index (χ2v) is 4.41. The molecule has 0 radical (unpaired) electrons. The van der Waals surface area contributed by atoms with E-state index < -0.39 is 0 Å². The summed E-state index contributed by atoms with van der Waals surface area (Å²) in [7, 11) is 3.62. The molecule has 0 bridgehead atoms. The molecular weight excluding hydrogens is 228 g/mol. The number of benzene rings is 1. The number of rotatable bonds is 6. The second-order valence-electron chi connectivity index (χ2n) is 4.41. The van der Waals surface area contributed by atoms with Crippen molar-refractivity contribution in [3.05, 3.63) is 35.4 Å². The van der Waals surface area contributed by atoms with Crippen molar-refractivity contribution < 1.29 is 9.59 Å². The lowest BCUT2D eigenvalue weighted by Crippen LogP contribution is -2.26. The molecule has 0 saturated carbocycles. The summed E-state index contributed by atoms with van der Waals surface area (Å²) in [6.45, 7) is 3.05. The fourth-order valence-electron chi connectivity index (χ4n) is 1.65. The lowest BCUT2D eigenvalue weighted by molar-refractivity contribution is -0.120. The summed E-state index contributed by atoms with van der Waals surface area (Å²) in [4.78, 5) is 24.3. The zero-order valence-corrected chi connectivity index (χ0v) is 11.2. The number of carbonyl (C=O) groups is 2. The highest BCUT2D eigenvalue weighted by Crippen LogP contribution is 2.07. The van der Waals surface area contributed by atoms with Gasteiger partial charge in [0.25, 0.3) is 0 Å². The third kappa shape index (κ3) is 4.67. The Kier molecular flexibility index (Phi) is 5.52. The highest BCUT2D eigenvalue weighted by Gasteiger charge is 2.04. The van der Waals surface area contributed by atoms with Gasteiger partial charge in [0.1, 0.15) is 0 Å². The smallest absolute Gasteiger partial charge is 0.221 e. The summed E-state index contributed by atoms with van der Waals surface area (Å²) in [5, 5.41) is 2.60. The summed E-state index contributed by atoms with van der Waals surface area (Å²) in [5.41, 5.74) is 1.87. The van der Waals surface area contributed by atoms with E-state index in [2.05, 4.69) is 10.2 Å². The summed E-state index contributed by atoms with van der Waals surface area (Å²) in [6.07, 6.45) is 0.499. The molecule has 0 aromatic heterocycles. The minimum Gasteiger partial charge on any atom is -0.359 e. The van der Waals surface area contributed by atoms with Gasteiger partial charge in [0.05, 0.1) is 0 Å². The van der Waals surface area contributed by atoms with Gasteiger partial charge < -0.3 is 10.2 Å². The third-order valence-corrected chi connectivity index (χ3v) is 2.81. The fraction of sp³-hybridized carbons (Fsp3) is 0.429. The largest absolute Gasteiger partial charge is 0.359 e.